The minimum absolute atomic E-state index is 0.0828. The number of rotatable bonds is 10. The Kier molecular flexibility index (Phi) is 11.1. The molecule has 1 heterocycles. The summed E-state index contributed by atoms with van der Waals surface area (Å²) in [6, 6.07) is 4.76. The Balaban J connectivity index is 1.43. The van der Waals surface area contributed by atoms with E-state index in [1.807, 2.05) is 12.1 Å². The van der Waals surface area contributed by atoms with Gasteiger partial charge in [0.2, 0.25) is 0 Å². The highest BCUT2D eigenvalue weighted by molar-refractivity contribution is 5.91. The van der Waals surface area contributed by atoms with E-state index in [-0.39, 0.29) is 36.8 Å². The van der Waals surface area contributed by atoms with Crippen LogP contribution in [0.1, 0.15) is 43.2 Å². The third kappa shape index (κ3) is 9.22. The van der Waals surface area contributed by atoms with Crippen LogP contribution < -0.4 is 10.6 Å². The van der Waals surface area contributed by atoms with Crippen LogP contribution in [0.3, 0.4) is 0 Å². The summed E-state index contributed by atoms with van der Waals surface area (Å²) in [7, 11) is 0. The van der Waals surface area contributed by atoms with Gasteiger partial charge in [0.1, 0.15) is 24.6 Å². The van der Waals surface area contributed by atoms with Gasteiger partial charge in [0.15, 0.2) is 0 Å². The van der Waals surface area contributed by atoms with Crippen molar-refractivity contribution in [1.29, 1.82) is 0 Å². The zero-order valence-electron chi connectivity index (χ0n) is 21.9. The number of aliphatic hydroxyl groups excluding tert-OH is 2. The highest BCUT2D eigenvalue weighted by atomic mass is 19.1. The molecule has 0 radical (unpaired) electrons. The highest BCUT2D eigenvalue weighted by Gasteiger charge is 2.29. The van der Waals surface area contributed by atoms with Gasteiger partial charge in [-0.3, -0.25) is 4.79 Å². The standard InChI is InChI=1S/C28H36FN3O7/c1-3-4-25(18(2)29)31-27(36)30-22-8-7-21-15-32(12-11-20(21)14-22)28(37)39-24-9-5-19(6-10-24)13-26(35)38-17-23(34)16-33/h3-4,7-8,14,19,23-24,33-34H,1-2,5-6,9-13,15-17H2,(H2,30,31,36)/b25-4+/t19?,23-,24?/m0/s1. The van der Waals surface area contributed by atoms with E-state index >= 15 is 0 Å². The molecule has 0 spiro atoms. The van der Waals surface area contributed by atoms with Crippen LogP contribution >= 0.6 is 0 Å². The van der Waals surface area contributed by atoms with Crippen LogP contribution in [-0.4, -0.2) is 65.2 Å². The van der Waals surface area contributed by atoms with E-state index in [1.54, 1.807) is 11.0 Å². The fourth-order valence-corrected chi connectivity index (χ4v) is 4.60. The smallest absolute Gasteiger partial charge is 0.410 e. The maximum atomic E-state index is 13.4. The molecule has 4 N–H and O–H groups in total. The molecule has 0 bridgehead atoms. The molecule has 0 saturated heterocycles. The van der Waals surface area contributed by atoms with Crippen LogP contribution in [-0.2, 0) is 27.2 Å². The molecule has 1 aliphatic heterocycles. The molecule has 3 rings (SSSR count). The molecule has 0 aromatic heterocycles. The average Bonchev–Trinajstić information content (AvgIpc) is 2.92. The van der Waals surface area contributed by atoms with Crippen molar-refractivity contribution < 1.29 is 38.5 Å². The van der Waals surface area contributed by atoms with Gasteiger partial charge in [-0.2, -0.15) is 0 Å². The fourth-order valence-electron chi connectivity index (χ4n) is 4.60. The molecule has 1 atom stereocenters. The largest absolute Gasteiger partial charge is 0.463 e. The first kappa shape index (κ1) is 29.9. The lowest BCUT2D eigenvalue weighted by Crippen LogP contribution is -2.39. The number of anilines is 1. The first-order chi connectivity index (χ1) is 18.7. The summed E-state index contributed by atoms with van der Waals surface area (Å²) in [6.07, 6.45) is 4.58. The van der Waals surface area contributed by atoms with Crippen molar-refractivity contribution in [2.24, 2.45) is 5.92 Å². The Morgan fingerprint density at radius 2 is 1.95 bits per heavy atom. The number of aliphatic hydroxyl groups is 2. The second kappa shape index (κ2) is 14.5. The molecule has 39 heavy (non-hydrogen) atoms. The molecule has 212 valence electrons. The van der Waals surface area contributed by atoms with Crippen LogP contribution in [0.25, 0.3) is 0 Å². The molecular formula is C28H36FN3O7. The summed E-state index contributed by atoms with van der Waals surface area (Å²) in [5.41, 5.74) is 2.39. The number of hydrogen-bond acceptors (Lipinski definition) is 7. The second-order valence-corrected chi connectivity index (χ2v) is 9.71. The number of benzene rings is 1. The van der Waals surface area contributed by atoms with Crippen molar-refractivity contribution in [2.45, 2.75) is 57.3 Å². The van der Waals surface area contributed by atoms with E-state index in [9.17, 15) is 23.9 Å². The minimum atomic E-state index is -1.07. The quantitative estimate of drug-likeness (QED) is 0.260. The van der Waals surface area contributed by atoms with E-state index in [0.717, 1.165) is 24.0 Å². The van der Waals surface area contributed by atoms with Crippen molar-refractivity contribution in [3.05, 3.63) is 66.2 Å². The zero-order chi connectivity index (χ0) is 28.4. The molecule has 1 aliphatic carbocycles. The third-order valence-corrected chi connectivity index (χ3v) is 6.72. The minimum Gasteiger partial charge on any atom is -0.463 e. The molecule has 1 aromatic carbocycles. The maximum absolute atomic E-state index is 13.4. The number of urea groups is 1. The van der Waals surface area contributed by atoms with Crippen molar-refractivity contribution in [2.75, 3.05) is 25.1 Å². The third-order valence-electron chi connectivity index (χ3n) is 6.72. The molecule has 1 fully saturated rings. The molecule has 1 aromatic rings. The molecular weight excluding hydrogens is 509 g/mol. The Morgan fingerprint density at radius 1 is 1.21 bits per heavy atom. The van der Waals surface area contributed by atoms with Gasteiger partial charge in [-0.05, 0) is 67.4 Å². The summed E-state index contributed by atoms with van der Waals surface area (Å²) in [5.74, 6) is -1.06. The number of carbonyl (C=O) groups excluding carboxylic acids is 3. The number of carbonyl (C=O) groups is 3. The predicted octanol–water partition coefficient (Wildman–Crippen LogP) is 3.70. The van der Waals surface area contributed by atoms with Gasteiger partial charge in [-0.15, -0.1) is 0 Å². The molecule has 1 saturated carbocycles. The van der Waals surface area contributed by atoms with Gasteiger partial charge >= 0.3 is 18.1 Å². The van der Waals surface area contributed by atoms with Crippen molar-refractivity contribution in [3.8, 4) is 0 Å². The van der Waals surface area contributed by atoms with Crippen molar-refractivity contribution in [3.63, 3.8) is 0 Å². The van der Waals surface area contributed by atoms with Gasteiger partial charge in [0.05, 0.1) is 12.3 Å². The average molecular weight is 546 g/mol. The first-order valence-corrected chi connectivity index (χ1v) is 13.0. The van der Waals surface area contributed by atoms with Crippen molar-refractivity contribution >= 4 is 23.8 Å². The lowest BCUT2D eigenvalue weighted by atomic mass is 9.85. The fraction of sp³-hybridized carbons (Fsp3) is 0.464. The number of nitrogens with zero attached hydrogens (tertiary/aromatic N) is 1. The van der Waals surface area contributed by atoms with Crippen molar-refractivity contribution in [1.82, 2.24) is 10.2 Å². The summed E-state index contributed by atoms with van der Waals surface area (Å²) in [6.45, 7) is 6.83. The molecule has 10 nitrogen and oxygen atoms in total. The van der Waals surface area contributed by atoms with Gasteiger partial charge in [0, 0.05) is 25.2 Å². The summed E-state index contributed by atoms with van der Waals surface area (Å²) >= 11 is 0. The Hall–Kier alpha value is -3.70. The number of hydrogen-bond donors (Lipinski definition) is 4. The lowest BCUT2D eigenvalue weighted by molar-refractivity contribution is -0.148. The maximum Gasteiger partial charge on any atom is 0.410 e. The summed E-state index contributed by atoms with van der Waals surface area (Å²) < 4.78 is 24.1. The number of halogens is 1. The van der Waals surface area contributed by atoms with E-state index < -0.39 is 30.5 Å². The van der Waals surface area contributed by atoms with E-state index in [4.69, 9.17) is 14.6 Å². The van der Waals surface area contributed by atoms with Gasteiger partial charge in [-0.25, -0.2) is 14.0 Å². The van der Waals surface area contributed by atoms with E-state index in [2.05, 4.69) is 23.8 Å². The molecule has 2 aliphatic rings. The van der Waals surface area contributed by atoms with Crippen LogP contribution in [0.5, 0.6) is 0 Å². The van der Waals surface area contributed by atoms with E-state index in [1.165, 1.54) is 12.2 Å². The summed E-state index contributed by atoms with van der Waals surface area (Å²) in [4.78, 5) is 38.6. The van der Waals surface area contributed by atoms with Gasteiger partial charge in [0.25, 0.3) is 0 Å². The predicted molar refractivity (Wildman–Crippen MR) is 142 cm³/mol. The lowest BCUT2D eigenvalue weighted by Gasteiger charge is -2.32. The van der Waals surface area contributed by atoms with Crippen LogP contribution in [0, 0.1) is 5.92 Å². The SMILES string of the molecule is C=C/C=C(/NC(=O)Nc1ccc2c(c1)CCN(C(=O)OC1CCC(CC(=O)OC[C@@H](O)CO)CC1)C2)C(=C)F. The Morgan fingerprint density at radius 3 is 2.62 bits per heavy atom. The van der Waals surface area contributed by atoms with Crippen LogP contribution in [0.4, 0.5) is 19.7 Å². The van der Waals surface area contributed by atoms with E-state index in [0.29, 0.717) is 38.0 Å². The molecule has 3 amide bonds. The van der Waals surface area contributed by atoms with Crippen LogP contribution in [0.2, 0.25) is 0 Å². The number of esters is 1. The number of amides is 3. The normalized spacial score (nSPS) is 19.8. The second-order valence-electron chi connectivity index (χ2n) is 9.71. The highest BCUT2D eigenvalue weighted by Crippen LogP contribution is 2.30. The monoisotopic (exact) mass is 545 g/mol. The van der Waals surface area contributed by atoms with Crippen LogP contribution in [0.15, 0.2) is 55.0 Å². The Bertz CT molecular complexity index is 1100. The number of allylic oxidation sites excluding steroid dienone is 3. The molecule has 0 unspecified atom stereocenters. The molecule has 11 heteroatoms. The number of ether oxygens (including phenoxy) is 2. The zero-order valence-corrected chi connectivity index (χ0v) is 21.9. The Labute approximate surface area is 227 Å². The number of nitrogens with one attached hydrogen (secondary N) is 2. The topological polar surface area (TPSA) is 137 Å². The first-order valence-electron chi connectivity index (χ1n) is 13.0. The van der Waals surface area contributed by atoms with Gasteiger partial charge < -0.3 is 35.2 Å². The number of fused-ring (bicyclic) bond motifs is 1. The van der Waals surface area contributed by atoms with Gasteiger partial charge in [-0.1, -0.05) is 25.3 Å². The summed E-state index contributed by atoms with van der Waals surface area (Å²) in [5, 5.41) is 23.1.